The lowest BCUT2D eigenvalue weighted by atomic mass is 10.2. The zero-order chi connectivity index (χ0) is 13.3. The molecule has 18 heavy (non-hydrogen) atoms. The molecular formula is C11H16N4O2S. The first-order valence-corrected chi connectivity index (χ1v) is 6.57. The Labute approximate surface area is 109 Å². The molecule has 1 aromatic rings. The molecule has 0 saturated carbocycles. The van der Waals surface area contributed by atoms with E-state index in [2.05, 4.69) is 10.2 Å². The zero-order valence-corrected chi connectivity index (χ0v) is 11.0. The Balaban J connectivity index is 2.52. The van der Waals surface area contributed by atoms with Crippen LogP contribution in [0.25, 0.3) is 0 Å². The molecule has 0 unspecified atom stereocenters. The number of carbonyl (C=O) groups excluding carboxylic acids is 2. The predicted molar refractivity (Wildman–Crippen MR) is 72.1 cm³/mol. The van der Waals surface area contributed by atoms with E-state index in [0.29, 0.717) is 5.56 Å². The van der Waals surface area contributed by atoms with Crippen LogP contribution < -0.4 is 21.7 Å². The number of thiophene rings is 1. The van der Waals surface area contributed by atoms with Crippen LogP contribution in [-0.2, 0) is 0 Å². The van der Waals surface area contributed by atoms with Crippen molar-refractivity contribution in [3.05, 3.63) is 10.4 Å². The van der Waals surface area contributed by atoms with Crippen LogP contribution in [0.5, 0.6) is 0 Å². The largest absolute Gasteiger partial charge is 0.397 e. The molecule has 2 amide bonds. The number of primary amides is 1. The first kappa shape index (κ1) is 12.7. The summed E-state index contributed by atoms with van der Waals surface area (Å²) in [6.07, 6.45) is 2.16. The Morgan fingerprint density at radius 2 is 1.94 bits per heavy atom. The van der Waals surface area contributed by atoms with Crippen molar-refractivity contribution in [3.8, 4) is 0 Å². The second-order valence-electron chi connectivity index (χ2n) is 4.16. The topological polar surface area (TPSA) is 101 Å². The Bertz CT molecular complexity index is 491. The van der Waals surface area contributed by atoms with E-state index in [1.165, 1.54) is 18.4 Å². The fraction of sp³-hybridized carbons (Fsp3) is 0.455. The van der Waals surface area contributed by atoms with E-state index >= 15 is 0 Å². The van der Waals surface area contributed by atoms with Gasteiger partial charge in [-0.3, -0.25) is 9.59 Å². The van der Waals surface area contributed by atoms with Crippen molar-refractivity contribution in [1.82, 2.24) is 5.32 Å². The molecule has 2 heterocycles. The molecule has 1 aliphatic rings. The van der Waals surface area contributed by atoms with Gasteiger partial charge in [-0.15, -0.1) is 11.3 Å². The lowest BCUT2D eigenvalue weighted by Crippen LogP contribution is -2.24. The third kappa shape index (κ3) is 2.01. The fourth-order valence-electron chi connectivity index (χ4n) is 2.10. The first-order chi connectivity index (χ1) is 8.56. The quantitative estimate of drug-likeness (QED) is 0.738. The molecule has 2 rings (SSSR count). The third-order valence-corrected chi connectivity index (χ3v) is 4.28. The maximum atomic E-state index is 11.9. The number of rotatable bonds is 3. The lowest BCUT2D eigenvalue weighted by Gasteiger charge is -2.16. The summed E-state index contributed by atoms with van der Waals surface area (Å²) in [4.78, 5) is 25.5. The molecule has 1 aromatic heterocycles. The van der Waals surface area contributed by atoms with Gasteiger partial charge >= 0.3 is 0 Å². The normalized spacial score (nSPS) is 14.8. The SMILES string of the molecule is CNC(=O)c1c(N2CCCC2)sc(C(N)=O)c1N. The third-order valence-electron chi connectivity index (χ3n) is 3.00. The standard InChI is InChI=1S/C11H16N4O2S/c1-14-10(17)6-7(12)8(9(13)16)18-11(6)15-4-2-3-5-15/h2-5,12H2,1H3,(H2,13,16)(H,14,17). The molecular weight excluding hydrogens is 252 g/mol. The van der Waals surface area contributed by atoms with Crippen LogP contribution in [-0.4, -0.2) is 32.0 Å². The summed E-state index contributed by atoms with van der Waals surface area (Å²) in [5.74, 6) is -0.869. The summed E-state index contributed by atoms with van der Waals surface area (Å²) in [6.45, 7) is 1.75. The molecule has 7 heteroatoms. The molecule has 0 spiro atoms. The van der Waals surface area contributed by atoms with Gasteiger partial charge in [0.2, 0.25) is 0 Å². The van der Waals surface area contributed by atoms with Gasteiger partial charge in [0.1, 0.15) is 9.88 Å². The molecule has 0 aromatic carbocycles. The molecule has 0 atom stereocenters. The van der Waals surface area contributed by atoms with Crippen LogP contribution in [0, 0.1) is 0 Å². The Hall–Kier alpha value is -1.76. The van der Waals surface area contributed by atoms with Crippen LogP contribution in [0.15, 0.2) is 0 Å². The van der Waals surface area contributed by atoms with E-state index in [1.54, 1.807) is 0 Å². The summed E-state index contributed by atoms with van der Waals surface area (Å²) in [5.41, 5.74) is 11.7. The van der Waals surface area contributed by atoms with Gasteiger partial charge in [-0.25, -0.2) is 0 Å². The molecule has 6 nitrogen and oxygen atoms in total. The highest BCUT2D eigenvalue weighted by Gasteiger charge is 2.28. The lowest BCUT2D eigenvalue weighted by molar-refractivity contribution is 0.0964. The monoisotopic (exact) mass is 268 g/mol. The Morgan fingerprint density at radius 3 is 2.44 bits per heavy atom. The number of nitrogen functional groups attached to an aromatic ring is 1. The molecule has 0 bridgehead atoms. The second-order valence-corrected chi connectivity index (χ2v) is 5.16. The summed E-state index contributed by atoms with van der Waals surface area (Å²) < 4.78 is 0. The number of carbonyl (C=O) groups is 2. The van der Waals surface area contributed by atoms with Crippen molar-refractivity contribution in [3.63, 3.8) is 0 Å². The van der Waals surface area contributed by atoms with E-state index in [9.17, 15) is 9.59 Å². The van der Waals surface area contributed by atoms with E-state index in [4.69, 9.17) is 11.5 Å². The van der Waals surface area contributed by atoms with Crippen molar-refractivity contribution in [2.75, 3.05) is 30.8 Å². The first-order valence-electron chi connectivity index (χ1n) is 5.75. The Kier molecular flexibility index (Phi) is 3.42. The van der Waals surface area contributed by atoms with Crippen molar-refractivity contribution < 1.29 is 9.59 Å². The summed E-state index contributed by atoms with van der Waals surface area (Å²) >= 11 is 1.20. The number of nitrogens with zero attached hydrogens (tertiary/aromatic N) is 1. The highest BCUT2D eigenvalue weighted by atomic mass is 32.1. The molecule has 0 radical (unpaired) electrons. The van der Waals surface area contributed by atoms with Gasteiger partial charge in [0.25, 0.3) is 11.8 Å². The highest BCUT2D eigenvalue weighted by Crippen LogP contribution is 2.39. The van der Waals surface area contributed by atoms with Crippen LogP contribution in [0.4, 0.5) is 10.7 Å². The zero-order valence-electron chi connectivity index (χ0n) is 10.2. The molecule has 98 valence electrons. The van der Waals surface area contributed by atoms with Crippen molar-refractivity contribution in [2.24, 2.45) is 5.73 Å². The van der Waals surface area contributed by atoms with Crippen molar-refractivity contribution >= 4 is 33.8 Å². The minimum Gasteiger partial charge on any atom is -0.397 e. The van der Waals surface area contributed by atoms with Crippen LogP contribution in [0.3, 0.4) is 0 Å². The molecule has 5 N–H and O–H groups in total. The van der Waals surface area contributed by atoms with Crippen LogP contribution in [0.1, 0.15) is 32.9 Å². The number of anilines is 2. The molecule has 1 aliphatic heterocycles. The van der Waals surface area contributed by atoms with Crippen LogP contribution in [0.2, 0.25) is 0 Å². The smallest absolute Gasteiger partial charge is 0.260 e. The summed E-state index contributed by atoms with van der Waals surface area (Å²) in [7, 11) is 1.54. The fourth-order valence-corrected chi connectivity index (χ4v) is 3.22. The molecule has 0 aliphatic carbocycles. The highest BCUT2D eigenvalue weighted by molar-refractivity contribution is 7.19. The van der Waals surface area contributed by atoms with Gasteiger partial charge in [0.15, 0.2) is 0 Å². The minimum atomic E-state index is -0.590. The number of amides is 2. The maximum absolute atomic E-state index is 11.9. The average molecular weight is 268 g/mol. The molecule has 1 fully saturated rings. The number of hydrogen-bond acceptors (Lipinski definition) is 5. The maximum Gasteiger partial charge on any atom is 0.260 e. The summed E-state index contributed by atoms with van der Waals surface area (Å²) in [5, 5.41) is 3.30. The van der Waals surface area contributed by atoms with Crippen molar-refractivity contribution in [2.45, 2.75) is 12.8 Å². The number of nitrogens with two attached hydrogens (primary N) is 2. The van der Waals surface area contributed by atoms with Gasteiger partial charge in [0, 0.05) is 20.1 Å². The average Bonchev–Trinajstić information content (AvgIpc) is 2.94. The number of hydrogen-bond donors (Lipinski definition) is 3. The van der Waals surface area contributed by atoms with Crippen molar-refractivity contribution in [1.29, 1.82) is 0 Å². The van der Waals surface area contributed by atoms with E-state index < -0.39 is 5.91 Å². The number of nitrogens with one attached hydrogen (secondary N) is 1. The van der Waals surface area contributed by atoms with E-state index in [-0.39, 0.29) is 16.5 Å². The second kappa shape index (κ2) is 4.85. The predicted octanol–water partition coefficient (Wildman–Crippen LogP) is 0.389. The van der Waals surface area contributed by atoms with E-state index in [1.807, 2.05) is 0 Å². The van der Waals surface area contributed by atoms with Gasteiger partial charge in [-0.05, 0) is 12.8 Å². The van der Waals surface area contributed by atoms with Gasteiger partial charge < -0.3 is 21.7 Å². The Morgan fingerprint density at radius 1 is 1.33 bits per heavy atom. The van der Waals surface area contributed by atoms with Gasteiger partial charge in [-0.1, -0.05) is 0 Å². The minimum absolute atomic E-state index is 0.189. The molecule has 1 saturated heterocycles. The van der Waals surface area contributed by atoms with Gasteiger partial charge in [0.05, 0.1) is 11.3 Å². The van der Waals surface area contributed by atoms with Gasteiger partial charge in [-0.2, -0.15) is 0 Å². The van der Waals surface area contributed by atoms with E-state index in [0.717, 1.165) is 30.9 Å². The van der Waals surface area contributed by atoms with Crippen LogP contribution >= 0.6 is 11.3 Å². The summed E-state index contributed by atoms with van der Waals surface area (Å²) in [6, 6.07) is 0.